The Morgan fingerprint density at radius 3 is 1.62 bits per heavy atom. The number of aliphatic carboxylic acids is 3. The molecule has 0 spiro atoms. The third kappa shape index (κ3) is 7.53. The molecule has 2 fully saturated rings. The Morgan fingerprint density at radius 2 is 1.27 bits per heavy atom. The Hall–Kier alpha value is -3.83. The van der Waals surface area contributed by atoms with Crippen LogP contribution in [0.2, 0.25) is 0 Å². The van der Waals surface area contributed by atoms with E-state index in [1.807, 2.05) is 0 Å². The van der Waals surface area contributed by atoms with Gasteiger partial charge in [0.1, 0.15) is 24.9 Å². The second-order valence-electron chi connectivity index (χ2n) is 11.3. The van der Waals surface area contributed by atoms with Gasteiger partial charge in [-0.3, -0.25) is 19.3 Å². The molecule has 250 valence electrons. The molecule has 5 unspecified atom stereocenters. The average Bonchev–Trinajstić information content (AvgIpc) is 3.52. The smallest absolute Gasteiger partial charge is 0.365 e. The van der Waals surface area contributed by atoms with E-state index >= 15 is 0 Å². The first kappa shape index (κ1) is 35.6. The Morgan fingerprint density at radius 1 is 0.844 bits per heavy atom. The molecule has 16 nitrogen and oxygen atoms in total. The zero-order valence-electron chi connectivity index (χ0n) is 25.9. The normalized spacial score (nSPS) is 24.3. The molecule has 0 saturated carbocycles. The van der Waals surface area contributed by atoms with Gasteiger partial charge in [0.2, 0.25) is 0 Å². The molecular weight excluding hydrogens is 594 g/mol. The number of hydrogen-bond acceptors (Lipinski definition) is 13. The number of hydrogen-bond donors (Lipinski definition) is 6. The van der Waals surface area contributed by atoms with Gasteiger partial charge in [-0.05, 0) is 37.0 Å². The van der Waals surface area contributed by atoms with Crippen molar-refractivity contribution in [3.05, 3.63) is 29.8 Å². The SMILES string of the molecule is CCC(C)C1(C(=O)O)OC(=O)CN1NCCN(CCNN1CC(=O)OC1(C(=O)O)C(C)CC)C(Cc1ccc(O)cc1)C(=O)O. The fourth-order valence-electron chi connectivity index (χ4n) is 5.70. The van der Waals surface area contributed by atoms with Crippen LogP contribution < -0.4 is 10.9 Å². The summed E-state index contributed by atoms with van der Waals surface area (Å²) in [7, 11) is 0. The van der Waals surface area contributed by atoms with Gasteiger partial charge in [-0.2, -0.15) is 10.0 Å². The van der Waals surface area contributed by atoms with Crippen LogP contribution in [0.4, 0.5) is 0 Å². The lowest BCUT2D eigenvalue weighted by Crippen LogP contribution is -2.62. The lowest BCUT2D eigenvalue weighted by Gasteiger charge is -2.38. The average molecular weight is 638 g/mol. The second-order valence-corrected chi connectivity index (χ2v) is 11.3. The van der Waals surface area contributed by atoms with Gasteiger partial charge in [-0.25, -0.2) is 20.4 Å². The number of benzene rings is 1. The summed E-state index contributed by atoms with van der Waals surface area (Å²) in [5, 5.41) is 42.4. The Bertz CT molecular complexity index is 1190. The van der Waals surface area contributed by atoms with E-state index in [-0.39, 0.29) is 51.4 Å². The molecule has 0 aromatic heterocycles. The molecule has 1 aromatic carbocycles. The molecule has 6 N–H and O–H groups in total. The van der Waals surface area contributed by atoms with Crippen molar-refractivity contribution in [1.29, 1.82) is 0 Å². The second kappa shape index (κ2) is 15.0. The fourth-order valence-corrected chi connectivity index (χ4v) is 5.70. The highest BCUT2D eigenvalue weighted by Crippen LogP contribution is 2.34. The molecule has 3 rings (SSSR count). The molecule has 0 amide bonds. The molecule has 1 aromatic rings. The Balaban J connectivity index is 1.81. The van der Waals surface area contributed by atoms with Crippen molar-refractivity contribution in [3.8, 4) is 5.75 Å². The number of esters is 2. The highest BCUT2D eigenvalue weighted by Gasteiger charge is 2.58. The van der Waals surface area contributed by atoms with E-state index in [1.165, 1.54) is 22.2 Å². The lowest BCUT2D eigenvalue weighted by atomic mass is 9.94. The van der Waals surface area contributed by atoms with Gasteiger partial charge in [-0.1, -0.05) is 39.8 Å². The monoisotopic (exact) mass is 637 g/mol. The fraction of sp³-hybridized carbons (Fsp3) is 0.621. The molecule has 0 aliphatic carbocycles. The van der Waals surface area contributed by atoms with Gasteiger partial charge in [0.25, 0.3) is 11.4 Å². The summed E-state index contributed by atoms with van der Waals surface area (Å²) in [5.41, 5.74) is 2.66. The van der Waals surface area contributed by atoms with Crippen molar-refractivity contribution in [2.24, 2.45) is 11.8 Å². The van der Waals surface area contributed by atoms with E-state index in [0.717, 1.165) is 0 Å². The minimum atomic E-state index is -1.94. The molecule has 2 heterocycles. The summed E-state index contributed by atoms with van der Waals surface area (Å²) in [6.07, 6.45) is 0.852. The van der Waals surface area contributed by atoms with Gasteiger partial charge >= 0.3 is 29.8 Å². The molecular formula is C29H43N5O11. The maximum absolute atomic E-state index is 12.5. The predicted octanol–water partition coefficient (Wildman–Crippen LogP) is 0.0707. The number of cyclic esters (lactones) is 2. The maximum atomic E-state index is 12.5. The summed E-state index contributed by atoms with van der Waals surface area (Å²) in [5.74, 6) is -6.37. The van der Waals surface area contributed by atoms with Crippen LogP contribution in [0, 0.1) is 11.8 Å². The number of nitrogens with zero attached hydrogens (tertiary/aromatic N) is 3. The summed E-state index contributed by atoms with van der Waals surface area (Å²) in [4.78, 5) is 63.2. The van der Waals surface area contributed by atoms with E-state index in [0.29, 0.717) is 18.4 Å². The minimum absolute atomic E-state index is 0.0204. The standard InChI is InChI=1S/C29H43N5O11/c1-5-18(3)28(26(40)41)33(16-23(36)44-28)30-11-13-32(22(25(38)39)15-20-7-9-21(35)10-8-20)14-12-31-34-17-24(37)45-29(34,27(42)43)19(4)6-2/h7-10,18-19,22,30-31,35H,5-6,11-17H2,1-4H3,(H,38,39)(H,40,41)(H,42,43). The van der Waals surface area contributed by atoms with E-state index in [9.17, 15) is 44.4 Å². The minimum Gasteiger partial charge on any atom is -0.508 e. The summed E-state index contributed by atoms with van der Waals surface area (Å²) in [6.45, 7) is 6.36. The number of carbonyl (C=O) groups is 5. The van der Waals surface area contributed by atoms with Crippen molar-refractivity contribution in [1.82, 2.24) is 25.8 Å². The number of carboxylic acids is 3. The van der Waals surface area contributed by atoms with Crippen LogP contribution in [0.25, 0.3) is 0 Å². The van der Waals surface area contributed by atoms with Crippen molar-refractivity contribution in [2.45, 2.75) is 64.4 Å². The first-order valence-corrected chi connectivity index (χ1v) is 14.9. The highest BCUT2D eigenvalue weighted by atomic mass is 16.6. The van der Waals surface area contributed by atoms with E-state index in [2.05, 4.69) is 10.9 Å². The summed E-state index contributed by atoms with van der Waals surface area (Å²) < 4.78 is 10.6. The van der Waals surface area contributed by atoms with Gasteiger partial charge in [0, 0.05) is 38.0 Å². The number of phenolic OH excluding ortho intramolecular Hbond substituents is 1. The molecule has 5 atom stereocenters. The number of nitrogens with one attached hydrogen (secondary N) is 2. The van der Waals surface area contributed by atoms with Gasteiger partial charge in [-0.15, -0.1) is 0 Å². The zero-order chi connectivity index (χ0) is 33.5. The van der Waals surface area contributed by atoms with Crippen LogP contribution in [-0.2, 0) is 39.9 Å². The largest absolute Gasteiger partial charge is 0.508 e. The quantitative estimate of drug-likeness (QED) is 0.117. The van der Waals surface area contributed by atoms with Crippen LogP contribution in [-0.4, -0.2) is 122 Å². The van der Waals surface area contributed by atoms with Crippen LogP contribution in [0.3, 0.4) is 0 Å². The molecule has 0 bridgehead atoms. The molecule has 2 saturated heterocycles. The number of hydrazine groups is 2. The number of carboxylic acid groups (broad SMARTS) is 3. The van der Waals surface area contributed by atoms with Crippen LogP contribution >= 0.6 is 0 Å². The van der Waals surface area contributed by atoms with Crippen molar-refractivity contribution in [2.75, 3.05) is 39.3 Å². The Labute approximate surface area is 260 Å². The van der Waals surface area contributed by atoms with Gasteiger partial charge in [0.15, 0.2) is 0 Å². The third-order valence-electron chi connectivity index (χ3n) is 8.58. The summed E-state index contributed by atoms with van der Waals surface area (Å²) >= 11 is 0. The number of phenols is 1. The van der Waals surface area contributed by atoms with E-state index in [1.54, 1.807) is 44.7 Å². The molecule has 45 heavy (non-hydrogen) atoms. The van der Waals surface area contributed by atoms with E-state index < -0.39 is 59.2 Å². The number of aromatic hydroxyl groups is 1. The molecule has 16 heteroatoms. The van der Waals surface area contributed by atoms with Gasteiger partial charge < -0.3 is 29.9 Å². The van der Waals surface area contributed by atoms with Gasteiger partial charge in [0.05, 0.1) is 0 Å². The zero-order valence-corrected chi connectivity index (χ0v) is 25.9. The van der Waals surface area contributed by atoms with Crippen molar-refractivity contribution in [3.63, 3.8) is 0 Å². The van der Waals surface area contributed by atoms with E-state index in [4.69, 9.17) is 9.47 Å². The highest BCUT2D eigenvalue weighted by molar-refractivity contribution is 5.86. The number of rotatable bonds is 18. The third-order valence-corrected chi connectivity index (χ3v) is 8.58. The topological polar surface area (TPSA) is 219 Å². The first-order chi connectivity index (χ1) is 21.2. The number of carbonyl (C=O) groups excluding carboxylic acids is 2. The molecule has 2 aliphatic heterocycles. The summed E-state index contributed by atoms with van der Waals surface area (Å²) in [6, 6.07) is 4.99. The van der Waals surface area contributed by atoms with Crippen molar-refractivity contribution < 1.29 is 53.9 Å². The van der Waals surface area contributed by atoms with Crippen LogP contribution in [0.1, 0.15) is 46.1 Å². The number of ether oxygens (including phenoxy) is 2. The first-order valence-electron chi connectivity index (χ1n) is 14.9. The predicted molar refractivity (Wildman–Crippen MR) is 156 cm³/mol. The molecule has 0 radical (unpaired) electrons. The van der Waals surface area contributed by atoms with Crippen LogP contribution in [0.15, 0.2) is 24.3 Å². The van der Waals surface area contributed by atoms with Crippen LogP contribution in [0.5, 0.6) is 5.75 Å². The Kier molecular flexibility index (Phi) is 11.9. The van der Waals surface area contributed by atoms with Crippen molar-refractivity contribution >= 4 is 29.8 Å². The molecule has 2 aliphatic rings. The maximum Gasteiger partial charge on any atom is 0.365 e. The lowest BCUT2D eigenvalue weighted by molar-refractivity contribution is -0.197.